The van der Waals surface area contributed by atoms with E-state index in [1.54, 1.807) is 48.5 Å². The molecule has 0 aliphatic carbocycles. The molecule has 4 N–H and O–H groups in total. The summed E-state index contributed by atoms with van der Waals surface area (Å²) >= 11 is 0. The Morgan fingerprint density at radius 1 is 0.577 bits per heavy atom. The number of phenols is 2. The Morgan fingerprint density at radius 3 is 1.42 bits per heavy atom. The van der Waals surface area contributed by atoms with E-state index in [9.17, 15) is 20.4 Å². The first-order valence-corrected chi connectivity index (χ1v) is 8.08. The molecule has 0 aliphatic heterocycles. The number of hydrogen-bond acceptors (Lipinski definition) is 6. The van der Waals surface area contributed by atoms with E-state index in [4.69, 9.17) is 0 Å². The average molecular weight is 348 g/mol. The number of nitrogens with zero attached hydrogens (tertiary/aromatic N) is 2. The van der Waals surface area contributed by atoms with Crippen molar-refractivity contribution in [3.8, 4) is 11.5 Å². The van der Waals surface area contributed by atoms with Crippen LogP contribution in [0.25, 0.3) is 21.8 Å². The van der Waals surface area contributed by atoms with Gasteiger partial charge in [-0.15, -0.1) is 0 Å². The van der Waals surface area contributed by atoms with Gasteiger partial charge in [-0.3, -0.25) is 0 Å². The van der Waals surface area contributed by atoms with Crippen LogP contribution in [0.4, 0.5) is 0 Å². The predicted molar refractivity (Wildman–Crippen MR) is 96.7 cm³/mol. The lowest BCUT2D eigenvalue weighted by molar-refractivity contribution is 0.0124. The van der Waals surface area contributed by atoms with Crippen molar-refractivity contribution in [3.05, 3.63) is 72.1 Å². The number of rotatable bonds is 3. The molecule has 0 bridgehead atoms. The maximum absolute atomic E-state index is 10.5. The third kappa shape index (κ3) is 2.71. The minimum absolute atomic E-state index is 0.000192. The molecule has 26 heavy (non-hydrogen) atoms. The van der Waals surface area contributed by atoms with Gasteiger partial charge in [0.25, 0.3) is 0 Å². The second-order valence-corrected chi connectivity index (χ2v) is 6.06. The van der Waals surface area contributed by atoms with Crippen LogP contribution in [0.2, 0.25) is 0 Å². The highest BCUT2D eigenvalue weighted by Gasteiger charge is 2.24. The van der Waals surface area contributed by atoms with Gasteiger partial charge in [-0.25, -0.2) is 9.97 Å². The van der Waals surface area contributed by atoms with Crippen LogP contribution in [0.15, 0.2) is 60.7 Å². The van der Waals surface area contributed by atoms with Gasteiger partial charge < -0.3 is 20.4 Å². The van der Waals surface area contributed by atoms with E-state index in [-0.39, 0.29) is 22.9 Å². The van der Waals surface area contributed by atoms with Crippen molar-refractivity contribution in [1.29, 1.82) is 0 Å². The lowest BCUT2D eigenvalue weighted by atomic mass is 10.0. The molecule has 0 saturated heterocycles. The number of para-hydroxylation sites is 2. The number of hydrogen-bond donors (Lipinski definition) is 4. The zero-order valence-electron chi connectivity index (χ0n) is 13.6. The Bertz CT molecular complexity index is 1020. The van der Waals surface area contributed by atoms with E-state index in [1.807, 2.05) is 0 Å². The minimum atomic E-state index is -1.34. The second-order valence-electron chi connectivity index (χ2n) is 6.06. The van der Waals surface area contributed by atoms with E-state index >= 15 is 0 Å². The molecule has 6 heteroatoms. The Labute approximate surface area is 148 Å². The summed E-state index contributed by atoms with van der Waals surface area (Å²) in [6.45, 7) is 0. The van der Waals surface area contributed by atoms with Gasteiger partial charge in [-0.05, 0) is 24.3 Å². The van der Waals surface area contributed by atoms with Gasteiger partial charge in [0.1, 0.15) is 34.7 Å². The molecule has 0 radical (unpaired) electrons. The molecule has 2 aromatic heterocycles. The molecule has 6 nitrogen and oxygen atoms in total. The summed E-state index contributed by atoms with van der Waals surface area (Å²) < 4.78 is 0. The Hall–Kier alpha value is -3.22. The van der Waals surface area contributed by atoms with Crippen molar-refractivity contribution >= 4 is 21.8 Å². The standard InChI is InChI=1S/C20H16N2O4/c23-15-5-1-3-11-7-9-13(21-17(11)15)19(25)20(26)14-10-8-12-4-2-6-16(24)18(12)22-14/h1-10,19-20,23-26H. The first kappa shape index (κ1) is 16.3. The number of aromatic hydroxyl groups is 2. The number of aromatic nitrogens is 2. The molecule has 130 valence electrons. The van der Waals surface area contributed by atoms with Gasteiger partial charge in [0.05, 0.1) is 11.4 Å². The first-order chi connectivity index (χ1) is 12.5. The monoisotopic (exact) mass is 348 g/mol. The van der Waals surface area contributed by atoms with E-state index in [0.717, 1.165) is 10.8 Å². The third-order valence-electron chi connectivity index (χ3n) is 4.35. The van der Waals surface area contributed by atoms with Crippen LogP contribution in [0.3, 0.4) is 0 Å². The average Bonchev–Trinajstić information content (AvgIpc) is 2.67. The molecule has 0 amide bonds. The normalized spacial score (nSPS) is 13.8. The van der Waals surface area contributed by atoms with Crippen molar-refractivity contribution < 1.29 is 20.4 Å². The highest BCUT2D eigenvalue weighted by molar-refractivity contribution is 5.85. The van der Waals surface area contributed by atoms with Crippen molar-refractivity contribution in [2.24, 2.45) is 0 Å². The highest BCUT2D eigenvalue weighted by atomic mass is 16.3. The van der Waals surface area contributed by atoms with Crippen LogP contribution in [0.5, 0.6) is 11.5 Å². The van der Waals surface area contributed by atoms with Gasteiger partial charge in [-0.2, -0.15) is 0 Å². The summed E-state index contributed by atoms with van der Waals surface area (Å²) in [5.74, 6) is -0.000385. The molecule has 2 atom stereocenters. The third-order valence-corrected chi connectivity index (χ3v) is 4.35. The largest absolute Gasteiger partial charge is 0.506 e. The van der Waals surface area contributed by atoms with Crippen LogP contribution in [0.1, 0.15) is 23.6 Å². The maximum Gasteiger partial charge on any atom is 0.141 e. The summed E-state index contributed by atoms with van der Waals surface area (Å²) in [6, 6.07) is 16.6. The number of pyridine rings is 2. The quantitative estimate of drug-likeness (QED) is 0.453. The Balaban J connectivity index is 1.73. The van der Waals surface area contributed by atoms with Gasteiger partial charge >= 0.3 is 0 Å². The van der Waals surface area contributed by atoms with E-state index in [1.165, 1.54) is 12.1 Å². The highest BCUT2D eigenvalue weighted by Crippen LogP contribution is 2.31. The van der Waals surface area contributed by atoms with E-state index in [2.05, 4.69) is 9.97 Å². The molecule has 0 spiro atoms. The molecular formula is C20H16N2O4. The van der Waals surface area contributed by atoms with Crippen molar-refractivity contribution in [1.82, 2.24) is 9.97 Å². The lowest BCUT2D eigenvalue weighted by Gasteiger charge is -2.18. The Morgan fingerprint density at radius 2 is 1.00 bits per heavy atom. The van der Waals surface area contributed by atoms with E-state index in [0.29, 0.717) is 11.0 Å². The van der Waals surface area contributed by atoms with Crippen LogP contribution >= 0.6 is 0 Å². The molecule has 4 rings (SSSR count). The summed E-state index contributed by atoms with van der Waals surface area (Å²) in [5, 5.41) is 42.4. The lowest BCUT2D eigenvalue weighted by Crippen LogP contribution is -2.13. The van der Waals surface area contributed by atoms with Crippen LogP contribution in [-0.2, 0) is 0 Å². The molecule has 0 fully saturated rings. The number of aliphatic hydroxyl groups excluding tert-OH is 2. The van der Waals surface area contributed by atoms with Crippen molar-refractivity contribution in [2.45, 2.75) is 12.2 Å². The molecule has 2 unspecified atom stereocenters. The topological polar surface area (TPSA) is 107 Å². The summed E-state index contributed by atoms with van der Waals surface area (Å²) in [7, 11) is 0. The summed E-state index contributed by atoms with van der Waals surface area (Å²) in [6.07, 6.45) is -2.68. The fraction of sp³-hybridized carbons (Fsp3) is 0.100. The molecule has 4 aromatic rings. The van der Waals surface area contributed by atoms with Crippen LogP contribution in [-0.4, -0.2) is 30.4 Å². The first-order valence-electron chi connectivity index (χ1n) is 8.08. The van der Waals surface area contributed by atoms with Crippen molar-refractivity contribution in [3.63, 3.8) is 0 Å². The Kier molecular flexibility index (Phi) is 3.91. The fourth-order valence-electron chi connectivity index (χ4n) is 2.95. The molecule has 2 aromatic carbocycles. The number of fused-ring (bicyclic) bond motifs is 2. The second kappa shape index (κ2) is 6.25. The molecule has 2 heterocycles. The smallest absolute Gasteiger partial charge is 0.141 e. The van der Waals surface area contributed by atoms with Crippen LogP contribution < -0.4 is 0 Å². The molecule has 0 saturated carbocycles. The number of aliphatic hydroxyl groups is 2. The predicted octanol–water partition coefficient (Wildman–Crippen LogP) is 2.96. The van der Waals surface area contributed by atoms with Gasteiger partial charge in [0, 0.05) is 10.8 Å². The number of benzene rings is 2. The molecule has 0 aliphatic rings. The van der Waals surface area contributed by atoms with Gasteiger partial charge in [0.2, 0.25) is 0 Å². The molecular weight excluding hydrogens is 332 g/mol. The maximum atomic E-state index is 10.5. The van der Waals surface area contributed by atoms with Gasteiger partial charge in [0.15, 0.2) is 0 Å². The van der Waals surface area contributed by atoms with Crippen molar-refractivity contribution in [2.75, 3.05) is 0 Å². The summed E-state index contributed by atoms with van der Waals surface area (Å²) in [4.78, 5) is 8.53. The zero-order chi connectivity index (χ0) is 18.3. The van der Waals surface area contributed by atoms with Gasteiger partial charge in [-0.1, -0.05) is 36.4 Å². The van der Waals surface area contributed by atoms with E-state index < -0.39 is 12.2 Å². The SMILES string of the molecule is Oc1cccc2ccc(C(O)C(O)c3ccc4cccc(O)c4n3)nc12. The number of phenolic OH excluding ortho intramolecular Hbond substituents is 2. The fourth-order valence-corrected chi connectivity index (χ4v) is 2.95. The van der Waals surface area contributed by atoms with Crippen LogP contribution in [0, 0.1) is 0 Å². The zero-order valence-corrected chi connectivity index (χ0v) is 13.6. The summed E-state index contributed by atoms with van der Waals surface area (Å²) in [5.41, 5.74) is 1.12. The minimum Gasteiger partial charge on any atom is -0.506 e.